The number of rotatable bonds is 10. The second-order valence-corrected chi connectivity index (χ2v) is 6.25. The molecule has 1 amide bonds. The fraction of sp³-hybridized carbons (Fsp3) is 0.778. The van der Waals surface area contributed by atoms with Crippen molar-refractivity contribution in [1.82, 2.24) is 5.32 Å². The molecule has 0 aliphatic carbocycles. The van der Waals surface area contributed by atoms with Crippen LogP contribution < -0.4 is 5.32 Å². The highest BCUT2D eigenvalue weighted by Gasteiger charge is 2.41. The summed E-state index contributed by atoms with van der Waals surface area (Å²) in [6.45, 7) is 11.0. The molecular weight excluding hydrogens is 274 g/mol. The standard InChI is InChI=1S/C18H33N3O/c1-5-7-8-9-10-11-12-13-18-19-14-15-21(18,6-2)16(3)20-17(4)22/h10-11,16H,5-9,12-15H2,1-4H3/p+1/b11-10+. The van der Waals surface area contributed by atoms with Gasteiger partial charge in [-0.2, -0.15) is 0 Å². The summed E-state index contributed by atoms with van der Waals surface area (Å²) >= 11 is 0. The summed E-state index contributed by atoms with van der Waals surface area (Å²) in [7, 11) is 0. The number of unbranched alkanes of at least 4 members (excludes halogenated alkanes) is 3. The van der Waals surface area contributed by atoms with Gasteiger partial charge in [0.1, 0.15) is 6.54 Å². The van der Waals surface area contributed by atoms with E-state index in [0.717, 1.165) is 37.0 Å². The molecular formula is C18H34N3O+. The number of carbonyl (C=O) groups excluding carboxylic acids is 1. The fourth-order valence-electron chi connectivity index (χ4n) is 3.34. The number of hydrogen-bond acceptors (Lipinski definition) is 2. The third kappa shape index (κ3) is 5.24. The Morgan fingerprint density at radius 3 is 2.68 bits per heavy atom. The van der Waals surface area contributed by atoms with Crippen molar-refractivity contribution in [1.29, 1.82) is 0 Å². The Labute approximate surface area is 136 Å². The Hall–Kier alpha value is -1.16. The van der Waals surface area contributed by atoms with Gasteiger partial charge in [0.25, 0.3) is 0 Å². The van der Waals surface area contributed by atoms with E-state index in [-0.39, 0.29) is 12.1 Å². The van der Waals surface area contributed by atoms with E-state index in [0.29, 0.717) is 0 Å². The molecule has 126 valence electrons. The van der Waals surface area contributed by atoms with Gasteiger partial charge in [0.15, 0.2) is 12.0 Å². The van der Waals surface area contributed by atoms with Gasteiger partial charge >= 0.3 is 0 Å². The van der Waals surface area contributed by atoms with Gasteiger partial charge in [0, 0.05) is 20.3 Å². The van der Waals surface area contributed by atoms with Gasteiger partial charge in [0.05, 0.1) is 13.1 Å². The maximum atomic E-state index is 11.4. The predicted octanol–water partition coefficient (Wildman–Crippen LogP) is 3.63. The zero-order valence-electron chi connectivity index (χ0n) is 14.9. The van der Waals surface area contributed by atoms with Gasteiger partial charge < -0.3 is 5.32 Å². The number of amidine groups is 1. The molecule has 1 heterocycles. The summed E-state index contributed by atoms with van der Waals surface area (Å²) < 4.78 is 0.823. The lowest BCUT2D eigenvalue weighted by molar-refractivity contribution is -0.861. The first-order chi connectivity index (χ1) is 10.6. The molecule has 1 aliphatic heterocycles. The largest absolute Gasteiger partial charge is 0.307 e. The van der Waals surface area contributed by atoms with E-state index in [1.54, 1.807) is 6.92 Å². The van der Waals surface area contributed by atoms with Crippen LogP contribution in [0.15, 0.2) is 17.1 Å². The number of amides is 1. The van der Waals surface area contributed by atoms with Crippen LogP contribution >= 0.6 is 0 Å². The van der Waals surface area contributed by atoms with Crippen LogP contribution in [0.3, 0.4) is 0 Å². The van der Waals surface area contributed by atoms with Crippen molar-refractivity contribution in [2.24, 2.45) is 4.99 Å². The first kappa shape index (κ1) is 18.9. The molecule has 4 heteroatoms. The molecule has 0 bridgehead atoms. The van der Waals surface area contributed by atoms with Crippen molar-refractivity contribution in [2.45, 2.75) is 72.4 Å². The number of quaternary nitrogens is 1. The molecule has 0 saturated heterocycles. The minimum Gasteiger partial charge on any atom is -0.307 e. The molecule has 0 aromatic heterocycles. The Kier molecular flexibility index (Phi) is 8.39. The molecule has 0 aromatic carbocycles. The minimum absolute atomic E-state index is 0.0421. The highest BCUT2D eigenvalue weighted by Crippen LogP contribution is 2.22. The van der Waals surface area contributed by atoms with Crippen LogP contribution in [-0.2, 0) is 4.79 Å². The van der Waals surface area contributed by atoms with E-state index in [9.17, 15) is 4.79 Å². The summed E-state index contributed by atoms with van der Waals surface area (Å²) in [6.07, 6.45) is 11.9. The lowest BCUT2D eigenvalue weighted by Crippen LogP contribution is -2.62. The molecule has 0 radical (unpaired) electrons. The average molecular weight is 308 g/mol. The molecule has 2 atom stereocenters. The molecule has 4 nitrogen and oxygen atoms in total. The van der Waals surface area contributed by atoms with Crippen molar-refractivity contribution < 1.29 is 9.28 Å². The summed E-state index contributed by atoms with van der Waals surface area (Å²) in [4.78, 5) is 16.1. The summed E-state index contributed by atoms with van der Waals surface area (Å²) in [5.74, 6) is 1.29. The molecule has 0 saturated carbocycles. The maximum absolute atomic E-state index is 11.4. The van der Waals surface area contributed by atoms with Crippen molar-refractivity contribution in [3.63, 3.8) is 0 Å². The molecule has 1 N–H and O–H groups in total. The molecule has 0 aromatic rings. The van der Waals surface area contributed by atoms with Crippen molar-refractivity contribution in [3.05, 3.63) is 12.2 Å². The molecule has 1 rings (SSSR count). The first-order valence-corrected chi connectivity index (χ1v) is 8.89. The number of allylic oxidation sites excluding steroid dienone is 2. The van der Waals surface area contributed by atoms with Gasteiger partial charge in [-0.05, 0) is 26.2 Å². The molecule has 1 aliphatic rings. The monoisotopic (exact) mass is 308 g/mol. The van der Waals surface area contributed by atoms with E-state index in [1.807, 2.05) is 0 Å². The average Bonchev–Trinajstić information content (AvgIpc) is 2.90. The fourth-order valence-corrected chi connectivity index (χ4v) is 3.34. The second-order valence-electron chi connectivity index (χ2n) is 6.25. The number of nitrogens with zero attached hydrogens (tertiary/aromatic N) is 2. The smallest absolute Gasteiger partial charge is 0.221 e. The van der Waals surface area contributed by atoms with Crippen molar-refractivity contribution in [2.75, 3.05) is 19.6 Å². The quantitative estimate of drug-likeness (QED) is 0.374. The van der Waals surface area contributed by atoms with Gasteiger partial charge in [-0.15, -0.1) is 0 Å². The van der Waals surface area contributed by atoms with E-state index in [1.165, 1.54) is 31.5 Å². The van der Waals surface area contributed by atoms with E-state index in [2.05, 4.69) is 38.2 Å². The first-order valence-electron chi connectivity index (χ1n) is 8.89. The zero-order chi connectivity index (χ0) is 16.4. The van der Waals surface area contributed by atoms with Gasteiger partial charge in [-0.25, -0.2) is 4.99 Å². The lowest BCUT2D eigenvalue weighted by Gasteiger charge is -2.39. The third-order valence-corrected chi connectivity index (χ3v) is 4.70. The molecule has 0 spiro atoms. The zero-order valence-corrected chi connectivity index (χ0v) is 14.9. The lowest BCUT2D eigenvalue weighted by atomic mass is 10.1. The van der Waals surface area contributed by atoms with Crippen LogP contribution in [0.2, 0.25) is 0 Å². The van der Waals surface area contributed by atoms with Crippen molar-refractivity contribution in [3.8, 4) is 0 Å². The van der Waals surface area contributed by atoms with Crippen LogP contribution in [0.4, 0.5) is 0 Å². The summed E-state index contributed by atoms with van der Waals surface area (Å²) in [5.41, 5.74) is 0. The Morgan fingerprint density at radius 2 is 2.05 bits per heavy atom. The van der Waals surface area contributed by atoms with Crippen molar-refractivity contribution >= 4 is 11.7 Å². The summed E-state index contributed by atoms with van der Waals surface area (Å²) in [5, 5.41) is 3.07. The molecule has 22 heavy (non-hydrogen) atoms. The summed E-state index contributed by atoms with van der Waals surface area (Å²) in [6, 6.07) is 0. The Bertz CT molecular complexity index is 403. The number of carbonyl (C=O) groups is 1. The third-order valence-electron chi connectivity index (χ3n) is 4.70. The highest BCUT2D eigenvalue weighted by molar-refractivity contribution is 5.78. The van der Waals surface area contributed by atoms with Gasteiger partial charge in [-0.3, -0.25) is 9.28 Å². The number of nitrogens with one attached hydrogen (secondary N) is 1. The SMILES string of the molecule is CCCCC/C=C/CCC1=NCC[N+]1(CC)C(C)NC(C)=O. The molecule has 2 unspecified atom stereocenters. The van der Waals surface area contributed by atoms with Gasteiger partial charge in [-0.1, -0.05) is 31.9 Å². The molecule has 0 fully saturated rings. The van der Waals surface area contributed by atoms with Crippen LogP contribution in [0.5, 0.6) is 0 Å². The normalized spacial score (nSPS) is 22.8. The number of likely N-dealkylation sites (N-methyl/N-ethyl adjacent to an activating group) is 1. The second kappa shape index (κ2) is 9.78. The van der Waals surface area contributed by atoms with E-state index < -0.39 is 0 Å². The highest BCUT2D eigenvalue weighted by atomic mass is 16.1. The van der Waals surface area contributed by atoms with Crippen LogP contribution in [-0.4, -0.2) is 42.0 Å². The number of hydrogen-bond donors (Lipinski definition) is 1. The van der Waals surface area contributed by atoms with E-state index in [4.69, 9.17) is 4.99 Å². The van der Waals surface area contributed by atoms with E-state index >= 15 is 0 Å². The van der Waals surface area contributed by atoms with Crippen LogP contribution in [0, 0.1) is 0 Å². The van der Waals surface area contributed by atoms with Gasteiger partial charge in [0.2, 0.25) is 5.91 Å². The number of aliphatic imine (C=N–C) groups is 1. The Balaban J connectivity index is 2.51. The van der Waals surface area contributed by atoms with Crippen LogP contribution in [0.25, 0.3) is 0 Å². The maximum Gasteiger partial charge on any atom is 0.221 e. The topological polar surface area (TPSA) is 41.5 Å². The minimum atomic E-state index is 0.0421. The Morgan fingerprint density at radius 1 is 1.32 bits per heavy atom. The van der Waals surface area contributed by atoms with Crippen LogP contribution in [0.1, 0.15) is 66.2 Å². The predicted molar refractivity (Wildman–Crippen MR) is 93.8 cm³/mol.